The van der Waals surface area contributed by atoms with Crippen LogP contribution in [0.15, 0.2) is 18.2 Å². The number of carbonyl (C=O) groups excluding carboxylic acids is 1. The lowest BCUT2D eigenvalue weighted by atomic mass is 10.1. The average Bonchev–Trinajstić information content (AvgIpc) is 2.35. The Morgan fingerprint density at radius 2 is 2.17 bits per heavy atom. The van der Waals surface area contributed by atoms with Crippen molar-refractivity contribution < 1.29 is 4.79 Å². The van der Waals surface area contributed by atoms with Gasteiger partial charge in [-0.3, -0.25) is 4.79 Å². The number of piperazine rings is 1. The van der Waals surface area contributed by atoms with Gasteiger partial charge in [0.1, 0.15) is 0 Å². The predicted octanol–water partition coefficient (Wildman–Crippen LogP) is 1.34. The standard InChI is InChI=1S/C13H18ClN3O/c1-15-8-10-3-4-11(7-12(10)14)17-6-5-16(2)13(18)9-17/h3-4,7,15H,5-6,8-9H2,1-2H3. The number of carbonyl (C=O) groups is 1. The van der Waals surface area contributed by atoms with Crippen LogP contribution in [-0.4, -0.2) is 44.5 Å². The Morgan fingerprint density at radius 1 is 1.39 bits per heavy atom. The number of amides is 1. The molecule has 5 heteroatoms. The van der Waals surface area contributed by atoms with E-state index in [0.717, 1.165) is 35.9 Å². The fraction of sp³-hybridized carbons (Fsp3) is 0.462. The number of hydrogen-bond donors (Lipinski definition) is 1. The summed E-state index contributed by atoms with van der Waals surface area (Å²) in [6.07, 6.45) is 0. The first-order valence-electron chi connectivity index (χ1n) is 6.03. The van der Waals surface area contributed by atoms with Crippen molar-refractivity contribution in [2.75, 3.05) is 38.6 Å². The molecule has 1 fully saturated rings. The highest BCUT2D eigenvalue weighted by Crippen LogP contribution is 2.24. The molecule has 0 unspecified atom stereocenters. The Balaban J connectivity index is 2.14. The minimum atomic E-state index is 0.150. The quantitative estimate of drug-likeness (QED) is 0.898. The maximum atomic E-state index is 11.7. The van der Waals surface area contributed by atoms with Crippen LogP contribution in [0.1, 0.15) is 5.56 Å². The molecule has 0 bridgehead atoms. The zero-order valence-corrected chi connectivity index (χ0v) is 11.5. The van der Waals surface area contributed by atoms with Crippen LogP contribution < -0.4 is 10.2 Å². The molecule has 0 saturated carbocycles. The summed E-state index contributed by atoms with van der Waals surface area (Å²) in [4.78, 5) is 15.5. The second kappa shape index (κ2) is 5.59. The third-order valence-electron chi connectivity index (χ3n) is 3.23. The van der Waals surface area contributed by atoms with E-state index in [0.29, 0.717) is 6.54 Å². The zero-order chi connectivity index (χ0) is 13.1. The number of halogens is 1. The maximum absolute atomic E-state index is 11.7. The number of nitrogens with zero attached hydrogens (tertiary/aromatic N) is 2. The molecule has 0 radical (unpaired) electrons. The van der Waals surface area contributed by atoms with Gasteiger partial charge in [0.25, 0.3) is 0 Å². The highest BCUT2D eigenvalue weighted by molar-refractivity contribution is 6.31. The van der Waals surface area contributed by atoms with Crippen LogP contribution in [0.25, 0.3) is 0 Å². The fourth-order valence-corrected chi connectivity index (χ4v) is 2.29. The third-order valence-corrected chi connectivity index (χ3v) is 3.58. The Labute approximate surface area is 113 Å². The van der Waals surface area contributed by atoms with E-state index in [1.54, 1.807) is 4.90 Å². The summed E-state index contributed by atoms with van der Waals surface area (Å²) in [5.74, 6) is 0.150. The molecule has 0 spiro atoms. The van der Waals surface area contributed by atoms with Crippen LogP contribution in [0.5, 0.6) is 0 Å². The molecule has 1 aliphatic rings. The first kappa shape index (κ1) is 13.2. The summed E-state index contributed by atoms with van der Waals surface area (Å²) in [6, 6.07) is 5.97. The lowest BCUT2D eigenvalue weighted by Crippen LogP contribution is -2.48. The number of benzene rings is 1. The molecule has 18 heavy (non-hydrogen) atoms. The molecular weight excluding hydrogens is 250 g/mol. The van der Waals surface area contributed by atoms with E-state index in [-0.39, 0.29) is 5.91 Å². The van der Waals surface area contributed by atoms with E-state index in [9.17, 15) is 4.79 Å². The number of likely N-dealkylation sites (N-methyl/N-ethyl adjacent to an activating group) is 1. The van der Waals surface area contributed by atoms with E-state index in [2.05, 4.69) is 10.2 Å². The Kier molecular flexibility index (Phi) is 4.09. The zero-order valence-electron chi connectivity index (χ0n) is 10.7. The van der Waals surface area contributed by atoms with Crippen LogP contribution in [-0.2, 0) is 11.3 Å². The summed E-state index contributed by atoms with van der Waals surface area (Å²) in [5, 5.41) is 3.82. The molecule has 1 aliphatic heterocycles. The van der Waals surface area contributed by atoms with Crippen molar-refractivity contribution in [1.29, 1.82) is 0 Å². The summed E-state index contributed by atoms with van der Waals surface area (Å²) in [7, 11) is 3.73. The average molecular weight is 268 g/mol. The molecular formula is C13H18ClN3O. The normalized spacial score (nSPS) is 16.3. The molecule has 2 rings (SSSR count). The molecule has 98 valence electrons. The van der Waals surface area contributed by atoms with Crippen LogP contribution in [0.4, 0.5) is 5.69 Å². The van der Waals surface area contributed by atoms with Gasteiger partial charge in [0, 0.05) is 37.4 Å². The van der Waals surface area contributed by atoms with Crippen molar-refractivity contribution in [3.8, 4) is 0 Å². The van der Waals surface area contributed by atoms with E-state index < -0.39 is 0 Å². The maximum Gasteiger partial charge on any atom is 0.241 e. The molecule has 1 heterocycles. The van der Waals surface area contributed by atoms with E-state index in [1.807, 2.05) is 32.3 Å². The van der Waals surface area contributed by atoms with Gasteiger partial charge in [-0.05, 0) is 24.7 Å². The van der Waals surface area contributed by atoms with E-state index in [4.69, 9.17) is 11.6 Å². The summed E-state index contributed by atoms with van der Waals surface area (Å²) in [6.45, 7) is 2.79. The van der Waals surface area contributed by atoms with Crippen LogP contribution >= 0.6 is 11.6 Å². The largest absolute Gasteiger partial charge is 0.360 e. The van der Waals surface area contributed by atoms with Gasteiger partial charge in [0.15, 0.2) is 0 Å². The second-order valence-electron chi connectivity index (χ2n) is 4.54. The Hall–Kier alpha value is -1.26. The Bertz CT molecular complexity index is 450. The Morgan fingerprint density at radius 3 is 2.78 bits per heavy atom. The van der Waals surface area contributed by atoms with Crippen LogP contribution in [0.2, 0.25) is 5.02 Å². The molecule has 1 aromatic rings. The first-order valence-corrected chi connectivity index (χ1v) is 6.41. The first-order chi connectivity index (χ1) is 8.61. The van der Waals surface area contributed by atoms with Crippen molar-refractivity contribution in [3.05, 3.63) is 28.8 Å². The molecule has 1 saturated heterocycles. The lowest BCUT2D eigenvalue weighted by Gasteiger charge is -2.33. The van der Waals surface area contributed by atoms with Gasteiger partial charge in [-0.2, -0.15) is 0 Å². The second-order valence-corrected chi connectivity index (χ2v) is 4.95. The highest BCUT2D eigenvalue weighted by atomic mass is 35.5. The van der Waals surface area contributed by atoms with Gasteiger partial charge in [0.05, 0.1) is 6.54 Å². The number of anilines is 1. The van der Waals surface area contributed by atoms with Gasteiger partial charge in [0.2, 0.25) is 5.91 Å². The highest BCUT2D eigenvalue weighted by Gasteiger charge is 2.21. The smallest absolute Gasteiger partial charge is 0.241 e. The molecule has 1 aromatic carbocycles. The number of nitrogens with one attached hydrogen (secondary N) is 1. The van der Waals surface area contributed by atoms with Crippen LogP contribution in [0.3, 0.4) is 0 Å². The SMILES string of the molecule is CNCc1ccc(N2CCN(C)C(=O)C2)cc1Cl. The minimum Gasteiger partial charge on any atom is -0.360 e. The molecule has 0 aromatic heterocycles. The molecule has 4 nitrogen and oxygen atoms in total. The minimum absolute atomic E-state index is 0.150. The van der Waals surface area contributed by atoms with Crippen molar-refractivity contribution in [2.45, 2.75) is 6.54 Å². The van der Waals surface area contributed by atoms with Crippen molar-refractivity contribution in [3.63, 3.8) is 0 Å². The van der Waals surface area contributed by atoms with E-state index >= 15 is 0 Å². The summed E-state index contributed by atoms with van der Waals surface area (Å²) >= 11 is 6.23. The topological polar surface area (TPSA) is 35.6 Å². The van der Waals surface area contributed by atoms with Gasteiger partial charge in [-0.1, -0.05) is 17.7 Å². The molecule has 1 amide bonds. The lowest BCUT2D eigenvalue weighted by molar-refractivity contribution is -0.129. The molecule has 0 atom stereocenters. The number of hydrogen-bond acceptors (Lipinski definition) is 3. The molecule has 1 N–H and O–H groups in total. The fourth-order valence-electron chi connectivity index (χ4n) is 2.05. The monoisotopic (exact) mass is 267 g/mol. The van der Waals surface area contributed by atoms with Gasteiger partial charge in [-0.15, -0.1) is 0 Å². The summed E-state index contributed by atoms with van der Waals surface area (Å²) < 4.78 is 0. The predicted molar refractivity (Wildman–Crippen MR) is 74.1 cm³/mol. The van der Waals surface area contributed by atoms with Crippen molar-refractivity contribution >= 4 is 23.2 Å². The number of rotatable bonds is 3. The third kappa shape index (κ3) is 2.76. The van der Waals surface area contributed by atoms with Gasteiger partial charge >= 0.3 is 0 Å². The van der Waals surface area contributed by atoms with Gasteiger partial charge in [-0.25, -0.2) is 0 Å². The van der Waals surface area contributed by atoms with Crippen molar-refractivity contribution in [2.24, 2.45) is 0 Å². The van der Waals surface area contributed by atoms with E-state index in [1.165, 1.54) is 0 Å². The van der Waals surface area contributed by atoms with Crippen LogP contribution in [0, 0.1) is 0 Å². The van der Waals surface area contributed by atoms with Crippen molar-refractivity contribution in [1.82, 2.24) is 10.2 Å². The van der Waals surface area contributed by atoms with Gasteiger partial charge < -0.3 is 15.1 Å². The summed E-state index contributed by atoms with van der Waals surface area (Å²) in [5.41, 5.74) is 2.09. The molecule has 0 aliphatic carbocycles.